The molecular weight excluding hydrogens is 238 g/mol. The van der Waals surface area contributed by atoms with Gasteiger partial charge in [-0.15, -0.1) is 0 Å². The van der Waals surface area contributed by atoms with Gasteiger partial charge in [-0.3, -0.25) is 0 Å². The second kappa shape index (κ2) is 5.72. The highest BCUT2D eigenvalue weighted by molar-refractivity contribution is 5.74. The molecule has 4 nitrogen and oxygen atoms in total. The summed E-state index contributed by atoms with van der Waals surface area (Å²) in [6.07, 6.45) is 2.74. The minimum absolute atomic E-state index is 0.137. The Bertz CT molecular complexity index is 535. The number of nitrogens with zero attached hydrogens (tertiary/aromatic N) is 2. The van der Waals surface area contributed by atoms with Crippen molar-refractivity contribution in [2.45, 2.75) is 45.3 Å². The maximum atomic E-state index is 9.59. The van der Waals surface area contributed by atoms with E-state index in [4.69, 9.17) is 0 Å². The van der Waals surface area contributed by atoms with Gasteiger partial charge in [-0.25, -0.2) is 4.98 Å². The van der Waals surface area contributed by atoms with Crippen molar-refractivity contribution in [3.8, 4) is 0 Å². The maximum Gasteiger partial charge on any atom is 0.0958 e. The molecule has 19 heavy (non-hydrogen) atoms. The van der Waals surface area contributed by atoms with E-state index in [-0.39, 0.29) is 12.1 Å². The van der Waals surface area contributed by atoms with Crippen LogP contribution in [0.25, 0.3) is 11.0 Å². The van der Waals surface area contributed by atoms with Crippen molar-refractivity contribution >= 4 is 11.0 Å². The van der Waals surface area contributed by atoms with Gasteiger partial charge in [-0.1, -0.05) is 26.0 Å². The van der Waals surface area contributed by atoms with Crippen LogP contribution >= 0.6 is 0 Å². The highest BCUT2D eigenvalue weighted by Crippen LogP contribution is 2.16. The molecule has 0 amide bonds. The van der Waals surface area contributed by atoms with Gasteiger partial charge in [0.25, 0.3) is 0 Å². The summed E-state index contributed by atoms with van der Waals surface area (Å²) in [4.78, 5) is 4.39. The third-order valence-electron chi connectivity index (χ3n) is 3.42. The molecule has 1 heterocycles. The SMILES string of the molecule is CC(C)NC(C)(CO)CCn1cnc2ccccc21. The van der Waals surface area contributed by atoms with Crippen LogP contribution in [0.5, 0.6) is 0 Å². The summed E-state index contributed by atoms with van der Waals surface area (Å²) in [6.45, 7) is 7.24. The second-order valence-corrected chi connectivity index (χ2v) is 5.69. The van der Waals surface area contributed by atoms with E-state index in [2.05, 4.69) is 41.7 Å². The first kappa shape index (κ1) is 14.0. The van der Waals surface area contributed by atoms with Crippen molar-refractivity contribution in [1.29, 1.82) is 0 Å². The first-order valence-corrected chi connectivity index (χ1v) is 6.82. The normalized spacial score (nSPS) is 15.0. The summed E-state index contributed by atoms with van der Waals surface area (Å²) in [5, 5.41) is 13.0. The molecule has 1 unspecified atom stereocenters. The van der Waals surface area contributed by atoms with Crippen LogP contribution in [0.2, 0.25) is 0 Å². The Morgan fingerprint density at radius 3 is 2.79 bits per heavy atom. The molecule has 2 aromatic rings. The predicted octanol–water partition coefficient (Wildman–Crippen LogP) is 2.18. The summed E-state index contributed by atoms with van der Waals surface area (Å²) in [6, 6.07) is 8.48. The zero-order valence-corrected chi connectivity index (χ0v) is 11.9. The van der Waals surface area contributed by atoms with Crippen LogP contribution in [0.15, 0.2) is 30.6 Å². The van der Waals surface area contributed by atoms with Crippen LogP contribution in [0.4, 0.5) is 0 Å². The number of fused-ring (bicyclic) bond motifs is 1. The molecule has 2 N–H and O–H groups in total. The van der Waals surface area contributed by atoms with E-state index in [0.717, 1.165) is 24.0 Å². The van der Waals surface area contributed by atoms with Crippen molar-refractivity contribution in [3.05, 3.63) is 30.6 Å². The van der Waals surface area contributed by atoms with E-state index in [0.29, 0.717) is 6.04 Å². The number of hydrogen-bond donors (Lipinski definition) is 2. The highest BCUT2D eigenvalue weighted by Gasteiger charge is 2.23. The maximum absolute atomic E-state index is 9.59. The zero-order chi connectivity index (χ0) is 13.9. The van der Waals surface area contributed by atoms with Gasteiger partial charge in [-0.2, -0.15) is 0 Å². The largest absolute Gasteiger partial charge is 0.394 e. The number of nitrogens with one attached hydrogen (secondary N) is 1. The average molecular weight is 261 g/mol. The Labute approximate surface area is 114 Å². The van der Waals surface area contributed by atoms with E-state index in [1.807, 2.05) is 24.5 Å². The van der Waals surface area contributed by atoms with Crippen LogP contribution in [0.1, 0.15) is 27.2 Å². The minimum atomic E-state index is -0.250. The Morgan fingerprint density at radius 1 is 1.37 bits per heavy atom. The quantitative estimate of drug-likeness (QED) is 0.838. The number of aliphatic hydroxyl groups excluding tert-OH is 1. The van der Waals surface area contributed by atoms with Gasteiger partial charge in [0.1, 0.15) is 0 Å². The predicted molar refractivity (Wildman–Crippen MR) is 78.1 cm³/mol. The van der Waals surface area contributed by atoms with Crippen LogP contribution in [0.3, 0.4) is 0 Å². The number of aryl methyl sites for hydroxylation is 1. The number of hydrogen-bond acceptors (Lipinski definition) is 3. The first-order valence-electron chi connectivity index (χ1n) is 6.82. The molecule has 0 saturated heterocycles. The summed E-state index contributed by atoms with van der Waals surface area (Å²) < 4.78 is 2.14. The third-order valence-corrected chi connectivity index (χ3v) is 3.42. The van der Waals surface area contributed by atoms with Gasteiger partial charge in [0.15, 0.2) is 0 Å². The van der Waals surface area contributed by atoms with E-state index < -0.39 is 0 Å². The number of rotatable bonds is 6. The van der Waals surface area contributed by atoms with E-state index in [1.165, 1.54) is 0 Å². The Morgan fingerprint density at radius 2 is 2.11 bits per heavy atom. The fraction of sp³-hybridized carbons (Fsp3) is 0.533. The fourth-order valence-corrected chi connectivity index (χ4v) is 2.45. The summed E-state index contributed by atoms with van der Waals surface area (Å²) in [5.41, 5.74) is 1.91. The molecule has 0 radical (unpaired) electrons. The van der Waals surface area contributed by atoms with Crippen LogP contribution < -0.4 is 5.32 Å². The molecular formula is C15H23N3O. The number of benzene rings is 1. The van der Waals surface area contributed by atoms with E-state index in [1.54, 1.807) is 0 Å². The fourth-order valence-electron chi connectivity index (χ4n) is 2.45. The molecule has 0 aliphatic heterocycles. The molecule has 0 saturated carbocycles. The van der Waals surface area contributed by atoms with Gasteiger partial charge in [0.05, 0.1) is 24.0 Å². The minimum Gasteiger partial charge on any atom is -0.394 e. The summed E-state index contributed by atoms with van der Waals surface area (Å²) in [5.74, 6) is 0. The molecule has 0 bridgehead atoms. The van der Waals surface area contributed by atoms with Crippen molar-refractivity contribution in [3.63, 3.8) is 0 Å². The van der Waals surface area contributed by atoms with Crippen molar-refractivity contribution in [2.24, 2.45) is 0 Å². The molecule has 0 aliphatic carbocycles. The first-order chi connectivity index (χ1) is 9.04. The monoisotopic (exact) mass is 261 g/mol. The standard InChI is InChI=1S/C15H23N3O/c1-12(2)17-15(3,10-19)8-9-18-11-16-13-6-4-5-7-14(13)18/h4-7,11-12,17,19H,8-10H2,1-3H3. The third kappa shape index (κ3) is 3.33. The lowest BCUT2D eigenvalue weighted by Crippen LogP contribution is -2.49. The average Bonchev–Trinajstić information content (AvgIpc) is 2.79. The van der Waals surface area contributed by atoms with Crippen molar-refractivity contribution < 1.29 is 5.11 Å². The molecule has 4 heteroatoms. The summed E-state index contributed by atoms with van der Waals surface area (Å²) in [7, 11) is 0. The Hall–Kier alpha value is -1.39. The lowest BCUT2D eigenvalue weighted by molar-refractivity contribution is 0.152. The van der Waals surface area contributed by atoms with Gasteiger partial charge >= 0.3 is 0 Å². The molecule has 1 atom stereocenters. The molecule has 0 aliphatic rings. The molecule has 1 aromatic heterocycles. The van der Waals surface area contributed by atoms with Gasteiger partial charge in [0, 0.05) is 18.1 Å². The molecule has 1 aromatic carbocycles. The van der Waals surface area contributed by atoms with Gasteiger partial charge in [-0.05, 0) is 25.5 Å². The molecule has 0 spiro atoms. The van der Waals surface area contributed by atoms with Gasteiger partial charge in [0.2, 0.25) is 0 Å². The molecule has 2 rings (SSSR count). The van der Waals surface area contributed by atoms with Crippen LogP contribution in [-0.2, 0) is 6.54 Å². The Kier molecular flexibility index (Phi) is 4.22. The van der Waals surface area contributed by atoms with E-state index in [9.17, 15) is 5.11 Å². The van der Waals surface area contributed by atoms with Crippen molar-refractivity contribution in [2.75, 3.05) is 6.61 Å². The lowest BCUT2D eigenvalue weighted by atomic mass is 9.98. The molecule has 104 valence electrons. The zero-order valence-electron chi connectivity index (χ0n) is 11.9. The van der Waals surface area contributed by atoms with Crippen LogP contribution in [-0.4, -0.2) is 32.8 Å². The van der Waals surface area contributed by atoms with Crippen LogP contribution in [0, 0.1) is 0 Å². The number of aromatic nitrogens is 2. The molecule has 0 fully saturated rings. The second-order valence-electron chi connectivity index (χ2n) is 5.69. The number of para-hydroxylation sites is 2. The smallest absolute Gasteiger partial charge is 0.0958 e. The number of imidazole rings is 1. The van der Waals surface area contributed by atoms with E-state index >= 15 is 0 Å². The Balaban J connectivity index is 2.09. The van der Waals surface area contributed by atoms with Gasteiger partial charge < -0.3 is 15.0 Å². The topological polar surface area (TPSA) is 50.1 Å². The lowest BCUT2D eigenvalue weighted by Gasteiger charge is -2.31. The summed E-state index contributed by atoms with van der Waals surface area (Å²) >= 11 is 0. The highest BCUT2D eigenvalue weighted by atomic mass is 16.3. The number of aliphatic hydroxyl groups is 1. The van der Waals surface area contributed by atoms with Crippen molar-refractivity contribution in [1.82, 2.24) is 14.9 Å².